The monoisotopic (exact) mass is 348 g/mol. The SMILES string of the molecule is O=C(Nc1ccccc1)[C@@H]1CCCN(c2ccc(-n3cccn3)nn2)C1. The highest BCUT2D eigenvalue weighted by Gasteiger charge is 2.26. The van der Waals surface area contributed by atoms with E-state index in [0.29, 0.717) is 12.4 Å². The topological polar surface area (TPSA) is 75.9 Å². The molecule has 2 aromatic heterocycles. The van der Waals surface area contributed by atoms with Crippen LogP contribution in [0.2, 0.25) is 0 Å². The van der Waals surface area contributed by atoms with Gasteiger partial charge in [-0.05, 0) is 43.2 Å². The van der Waals surface area contributed by atoms with E-state index in [4.69, 9.17) is 0 Å². The molecule has 4 rings (SSSR count). The lowest BCUT2D eigenvalue weighted by atomic mass is 9.97. The Hall–Kier alpha value is -3.22. The maximum Gasteiger partial charge on any atom is 0.229 e. The number of carbonyl (C=O) groups is 1. The molecule has 1 aliphatic heterocycles. The van der Waals surface area contributed by atoms with Crippen LogP contribution in [0.5, 0.6) is 0 Å². The normalized spacial score (nSPS) is 17.1. The maximum atomic E-state index is 12.6. The third-order valence-corrected chi connectivity index (χ3v) is 4.53. The Morgan fingerprint density at radius 2 is 1.85 bits per heavy atom. The quantitative estimate of drug-likeness (QED) is 0.784. The Bertz CT molecular complexity index is 848. The van der Waals surface area contributed by atoms with Gasteiger partial charge in [0.15, 0.2) is 11.6 Å². The summed E-state index contributed by atoms with van der Waals surface area (Å²) in [5.41, 5.74) is 0.831. The molecule has 0 spiro atoms. The first-order chi connectivity index (χ1) is 12.8. The zero-order valence-corrected chi connectivity index (χ0v) is 14.3. The van der Waals surface area contributed by atoms with Crippen LogP contribution in [0.3, 0.4) is 0 Å². The summed E-state index contributed by atoms with van der Waals surface area (Å²) in [5.74, 6) is 1.46. The van der Waals surface area contributed by atoms with Crippen LogP contribution in [0.15, 0.2) is 60.9 Å². The van der Waals surface area contributed by atoms with Gasteiger partial charge < -0.3 is 10.2 Å². The van der Waals surface area contributed by atoms with E-state index in [1.165, 1.54) is 0 Å². The van der Waals surface area contributed by atoms with Crippen molar-refractivity contribution in [2.75, 3.05) is 23.3 Å². The number of amides is 1. The number of nitrogens with zero attached hydrogens (tertiary/aromatic N) is 5. The Morgan fingerprint density at radius 1 is 1.04 bits per heavy atom. The Morgan fingerprint density at radius 3 is 2.58 bits per heavy atom. The minimum Gasteiger partial charge on any atom is -0.354 e. The second-order valence-corrected chi connectivity index (χ2v) is 6.34. The molecule has 7 nitrogen and oxygen atoms in total. The van der Waals surface area contributed by atoms with E-state index < -0.39 is 0 Å². The molecule has 3 aromatic rings. The molecule has 0 bridgehead atoms. The predicted octanol–water partition coefficient (Wildman–Crippen LogP) is 2.52. The van der Waals surface area contributed by atoms with Gasteiger partial charge in [-0.3, -0.25) is 4.79 Å². The van der Waals surface area contributed by atoms with E-state index in [-0.39, 0.29) is 11.8 Å². The maximum absolute atomic E-state index is 12.6. The highest BCUT2D eigenvalue weighted by Crippen LogP contribution is 2.23. The molecule has 1 saturated heterocycles. The van der Waals surface area contributed by atoms with E-state index in [9.17, 15) is 4.79 Å². The lowest BCUT2D eigenvalue weighted by Gasteiger charge is -2.32. The fraction of sp³-hybridized carbons (Fsp3) is 0.263. The van der Waals surface area contributed by atoms with Crippen LogP contribution in [0.4, 0.5) is 11.5 Å². The first kappa shape index (κ1) is 16.3. The van der Waals surface area contributed by atoms with Gasteiger partial charge in [-0.1, -0.05) is 18.2 Å². The summed E-state index contributed by atoms with van der Waals surface area (Å²) in [6.45, 7) is 1.53. The summed E-state index contributed by atoms with van der Waals surface area (Å²) in [4.78, 5) is 14.7. The van der Waals surface area contributed by atoms with Crippen LogP contribution in [0.25, 0.3) is 5.82 Å². The van der Waals surface area contributed by atoms with Crippen molar-refractivity contribution in [2.24, 2.45) is 5.92 Å². The lowest BCUT2D eigenvalue weighted by molar-refractivity contribution is -0.120. The summed E-state index contributed by atoms with van der Waals surface area (Å²) in [5, 5.41) is 15.7. The van der Waals surface area contributed by atoms with E-state index in [2.05, 4.69) is 25.5 Å². The summed E-state index contributed by atoms with van der Waals surface area (Å²) >= 11 is 0. The number of aromatic nitrogens is 4. The summed E-state index contributed by atoms with van der Waals surface area (Å²) < 4.78 is 1.67. The fourth-order valence-corrected chi connectivity index (χ4v) is 3.18. The molecule has 0 radical (unpaired) electrons. The van der Waals surface area contributed by atoms with Gasteiger partial charge in [0.2, 0.25) is 5.91 Å². The molecule has 0 aliphatic carbocycles. The van der Waals surface area contributed by atoms with Gasteiger partial charge in [0.1, 0.15) is 0 Å². The van der Waals surface area contributed by atoms with Crippen molar-refractivity contribution in [3.8, 4) is 5.82 Å². The molecule has 0 unspecified atom stereocenters. The van der Waals surface area contributed by atoms with E-state index >= 15 is 0 Å². The molecule has 1 atom stereocenters. The fourth-order valence-electron chi connectivity index (χ4n) is 3.18. The third kappa shape index (κ3) is 3.56. The van der Waals surface area contributed by atoms with Gasteiger partial charge >= 0.3 is 0 Å². The minimum absolute atomic E-state index is 0.0574. The number of benzene rings is 1. The Kier molecular flexibility index (Phi) is 4.59. The van der Waals surface area contributed by atoms with Crippen molar-refractivity contribution in [1.29, 1.82) is 0 Å². The van der Waals surface area contributed by atoms with Crippen molar-refractivity contribution >= 4 is 17.4 Å². The van der Waals surface area contributed by atoms with Crippen LogP contribution in [0, 0.1) is 5.92 Å². The van der Waals surface area contributed by atoms with E-state index in [1.54, 1.807) is 10.9 Å². The second kappa shape index (κ2) is 7.35. The van der Waals surface area contributed by atoms with Crippen molar-refractivity contribution in [3.63, 3.8) is 0 Å². The van der Waals surface area contributed by atoms with Gasteiger partial charge in [-0.15, -0.1) is 10.2 Å². The molecular weight excluding hydrogens is 328 g/mol. The molecule has 7 heteroatoms. The van der Waals surface area contributed by atoms with Crippen molar-refractivity contribution < 1.29 is 4.79 Å². The number of para-hydroxylation sites is 1. The average molecular weight is 348 g/mol. The first-order valence-electron chi connectivity index (χ1n) is 8.74. The molecule has 1 aromatic carbocycles. The first-order valence-corrected chi connectivity index (χ1v) is 8.74. The number of anilines is 2. The number of nitrogens with one attached hydrogen (secondary N) is 1. The molecule has 3 heterocycles. The molecule has 1 fully saturated rings. The lowest BCUT2D eigenvalue weighted by Crippen LogP contribution is -2.41. The Balaban J connectivity index is 1.42. The third-order valence-electron chi connectivity index (χ3n) is 4.53. The minimum atomic E-state index is -0.0588. The van der Waals surface area contributed by atoms with Crippen LogP contribution in [0.1, 0.15) is 12.8 Å². The molecular formula is C19H20N6O. The molecule has 1 N–H and O–H groups in total. The zero-order valence-electron chi connectivity index (χ0n) is 14.3. The van der Waals surface area contributed by atoms with Crippen molar-refractivity contribution in [3.05, 3.63) is 60.9 Å². The van der Waals surface area contributed by atoms with Crippen molar-refractivity contribution in [2.45, 2.75) is 12.8 Å². The number of piperidine rings is 1. The van der Waals surface area contributed by atoms with E-state index in [0.717, 1.165) is 30.9 Å². The van der Waals surface area contributed by atoms with Crippen LogP contribution in [-0.4, -0.2) is 39.0 Å². The Labute approximate surface area is 151 Å². The van der Waals surface area contributed by atoms with Gasteiger partial charge in [0, 0.05) is 31.2 Å². The zero-order chi connectivity index (χ0) is 17.8. The molecule has 0 saturated carbocycles. The van der Waals surface area contributed by atoms with Gasteiger partial charge in [-0.2, -0.15) is 5.10 Å². The number of rotatable bonds is 4. The van der Waals surface area contributed by atoms with Gasteiger partial charge in [0.05, 0.1) is 5.92 Å². The smallest absolute Gasteiger partial charge is 0.229 e. The molecule has 132 valence electrons. The second-order valence-electron chi connectivity index (χ2n) is 6.34. The standard InChI is InChI=1S/C19H20N6O/c26-19(21-16-7-2-1-3-8-16)15-6-4-12-24(14-15)17-9-10-18(23-22-17)25-13-5-11-20-25/h1-3,5,7-11,13,15H,4,6,12,14H2,(H,21,26)/t15-/m1/s1. The van der Waals surface area contributed by atoms with Crippen LogP contribution in [-0.2, 0) is 4.79 Å². The van der Waals surface area contributed by atoms with Crippen LogP contribution >= 0.6 is 0 Å². The van der Waals surface area contributed by atoms with Gasteiger partial charge in [0.25, 0.3) is 0 Å². The molecule has 1 amide bonds. The molecule has 26 heavy (non-hydrogen) atoms. The predicted molar refractivity (Wildman–Crippen MR) is 99.2 cm³/mol. The number of hydrogen-bond acceptors (Lipinski definition) is 5. The van der Waals surface area contributed by atoms with Gasteiger partial charge in [-0.25, -0.2) is 4.68 Å². The van der Waals surface area contributed by atoms with Crippen LogP contribution < -0.4 is 10.2 Å². The van der Waals surface area contributed by atoms with Crippen molar-refractivity contribution in [1.82, 2.24) is 20.0 Å². The summed E-state index contributed by atoms with van der Waals surface area (Å²) in [6, 6.07) is 15.2. The van der Waals surface area contributed by atoms with E-state index in [1.807, 2.05) is 54.7 Å². The number of carbonyl (C=O) groups excluding carboxylic acids is 1. The average Bonchev–Trinajstić information content (AvgIpc) is 3.24. The number of hydrogen-bond donors (Lipinski definition) is 1. The highest BCUT2D eigenvalue weighted by atomic mass is 16.1. The summed E-state index contributed by atoms with van der Waals surface area (Å²) in [7, 11) is 0. The largest absolute Gasteiger partial charge is 0.354 e. The highest BCUT2D eigenvalue weighted by molar-refractivity contribution is 5.93. The summed E-state index contributed by atoms with van der Waals surface area (Å²) in [6.07, 6.45) is 5.37. The molecule has 1 aliphatic rings.